The van der Waals surface area contributed by atoms with Gasteiger partial charge in [-0.2, -0.15) is 24.4 Å². The van der Waals surface area contributed by atoms with Crippen molar-refractivity contribution in [3.63, 3.8) is 0 Å². The predicted molar refractivity (Wildman–Crippen MR) is 118 cm³/mol. The molecule has 1 heterocycles. The van der Waals surface area contributed by atoms with Crippen LogP contribution in [0.15, 0.2) is 0 Å². The van der Waals surface area contributed by atoms with Crippen molar-refractivity contribution in [2.45, 2.75) is 37.2 Å². The monoisotopic (exact) mass is 470 g/mol. The molecule has 0 aliphatic carbocycles. The zero-order chi connectivity index (χ0) is 21.7. The minimum Gasteiger partial charge on any atom is -0.475 e. The van der Waals surface area contributed by atoms with Crippen LogP contribution in [0.5, 0.6) is 0 Å². The number of amides is 3. The topological polar surface area (TPSA) is 121 Å². The van der Waals surface area contributed by atoms with Crippen molar-refractivity contribution in [1.82, 2.24) is 10.2 Å². The highest BCUT2D eigenvalue weighted by atomic mass is 33.1. The first-order valence-electron chi connectivity index (χ1n) is 8.61. The van der Waals surface area contributed by atoms with Crippen LogP contribution in [-0.4, -0.2) is 80.8 Å². The number of hydrogen-bond acceptors (Lipinski definition) is 9. The van der Waals surface area contributed by atoms with Gasteiger partial charge < -0.3 is 10.4 Å². The number of imide groups is 1. The average Bonchev–Trinajstić information content (AvgIpc) is 2.95. The molecule has 28 heavy (non-hydrogen) atoms. The summed E-state index contributed by atoms with van der Waals surface area (Å²) in [5.41, 5.74) is 0. The molecule has 0 aromatic rings. The van der Waals surface area contributed by atoms with Crippen molar-refractivity contribution in [2.24, 2.45) is 0 Å². The van der Waals surface area contributed by atoms with E-state index in [4.69, 9.17) is 5.11 Å². The lowest BCUT2D eigenvalue weighted by Gasteiger charge is -2.13. The highest BCUT2D eigenvalue weighted by molar-refractivity contribution is 8.76. The summed E-state index contributed by atoms with van der Waals surface area (Å²) in [6.07, 6.45) is 1.79. The number of ketones is 1. The number of Topliss-reactive ketones (excluding diaryl/α,β-unsaturated/α-hetero) is 1. The molecule has 1 rings (SSSR count). The van der Waals surface area contributed by atoms with Gasteiger partial charge in [0.25, 0.3) is 5.78 Å². The molecule has 160 valence electrons. The molecule has 2 unspecified atom stereocenters. The third-order valence-corrected chi connectivity index (χ3v) is 7.11. The first kappa shape index (κ1) is 27.1. The molecule has 0 aromatic carbocycles. The summed E-state index contributed by atoms with van der Waals surface area (Å²) in [4.78, 5) is 58.1. The molecule has 2 N–H and O–H groups in total. The van der Waals surface area contributed by atoms with Gasteiger partial charge in [-0.25, -0.2) is 4.79 Å². The van der Waals surface area contributed by atoms with E-state index in [0.717, 1.165) is 0 Å². The molecule has 0 aromatic heterocycles. The Bertz CT molecular complexity index is 575. The Hall–Kier alpha value is -0.850. The summed E-state index contributed by atoms with van der Waals surface area (Å²) < 4.78 is 0. The van der Waals surface area contributed by atoms with E-state index in [0.29, 0.717) is 24.6 Å². The molecule has 0 radical (unpaired) electrons. The summed E-state index contributed by atoms with van der Waals surface area (Å²) in [5, 5.41) is 9.68. The van der Waals surface area contributed by atoms with Crippen LogP contribution >= 0.6 is 46.0 Å². The number of nitrogens with zero attached hydrogens (tertiary/aromatic N) is 1. The predicted octanol–water partition coefficient (Wildman–Crippen LogP) is 1.34. The molecule has 8 nitrogen and oxygen atoms in total. The lowest BCUT2D eigenvalue weighted by Crippen LogP contribution is -2.33. The van der Waals surface area contributed by atoms with Crippen LogP contribution in [0.25, 0.3) is 0 Å². The lowest BCUT2D eigenvalue weighted by molar-refractivity contribution is -0.149. The van der Waals surface area contributed by atoms with Gasteiger partial charge in [0, 0.05) is 37.4 Å². The van der Waals surface area contributed by atoms with Gasteiger partial charge in [-0.3, -0.25) is 24.1 Å². The van der Waals surface area contributed by atoms with E-state index in [-0.39, 0.29) is 29.9 Å². The Balaban J connectivity index is 0.00000352. The second-order valence-corrected chi connectivity index (χ2v) is 9.56. The molecule has 1 saturated heterocycles. The van der Waals surface area contributed by atoms with Gasteiger partial charge in [0.15, 0.2) is 0 Å². The van der Waals surface area contributed by atoms with E-state index >= 15 is 0 Å². The van der Waals surface area contributed by atoms with E-state index in [9.17, 15) is 24.0 Å². The number of carbonyl (C=O) groups is 5. The molecule has 1 aliphatic heterocycles. The Morgan fingerprint density at radius 1 is 1.25 bits per heavy atom. The van der Waals surface area contributed by atoms with Crippen molar-refractivity contribution < 1.29 is 29.1 Å². The molecule has 0 bridgehead atoms. The zero-order valence-electron chi connectivity index (χ0n) is 16.0. The molecule has 1 aliphatic rings. The second-order valence-electron chi connectivity index (χ2n) is 5.20. The van der Waals surface area contributed by atoms with Gasteiger partial charge in [-0.05, 0) is 6.26 Å². The summed E-state index contributed by atoms with van der Waals surface area (Å²) >= 11 is 5.19. The Morgan fingerprint density at radius 2 is 1.86 bits per heavy atom. The van der Waals surface area contributed by atoms with Crippen LogP contribution in [0.1, 0.15) is 26.7 Å². The fourth-order valence-corrected chi connectivity index (χ4v) is 4.81. The van der Waals surface area contributed by atoms with E-state index < -0.39 is 22.9 Å². The number of rotatable bonds is 12. The number of thiol groups is 1. The number of likely N-dealkylation sites (tertiary alicyclic amines) is 1. The summed E-state index contributed by atoms with van der Waals surface area (Å²) in [5.74, 6) is -2.23. The van der Waals surface area contributed by atoms with E-state index in [1.165, 1.54) is 38.2 Å². The van der Waals surface area contributed by atoms with Crippen molar-refractivity contribution in [3.05, 3.63) is 0 Å². The van der Waals surface area contributed by atoms with Gasteiger partial charge in [0.1, 0.15) is 0 Å². The maximum Gasteiger partial charge on any atom is 0.373 e. The fourth-order valence-electron chi connectivity index (χ4n) is 2.03. The Morgan fingerprint density at radius 3 is 2.39 bits per heavy atom. The number of carbonyl (C=O) groups excluding carboxylic acids is 4. The lowest BCUT2D eigenvalue weighted by atomic mass is 10.2. The van der Waals surface area contributed by atoms with Crippen molar-refractivity contribution >= 4 is 75.5 Å². The van der Waals surface area contributed by atoms with Crippen LogP contribution in [0, 0.1) is 0 Å². The number of nitrogens with one attached hydrogen (secondary N) is 1. The number of carboxylic acid groups (broad SMARTS) is 1. The SMILES string of the molecule is CC.CSC1CC(=O)N(CCSSCCNC(=O)CC(S)C(=O)C(=O)O)C1=O. The Labute approximate surface area is 182 Å². The molecule has 0 spiro atoms. The van der Waals surface area contributed by atoms with Gasteiger partial charge in [-0.1, -0.05) is 35.4 Å². The minimum absolute atomic E-state index is 0.127. The summed E-state index contributed by atoms with van der Waals surface area (Å²) in [6.45, 7) is 4.73. The fraction of sp³-hybridized carbons (Fsp3) is 0.688. The first-order valence-corrected chi connectivity index (χ1v) is 12.9. The molecular weight excluding hydrogens is 444 g/mol. The van der Waals surface area contributed by atoms with Gasteiger partial charge in [-0.15, -0.1) is 0 Å². The highest BCUT2D eigenvalue weighted by Gasteiger charge is 2.37. The number of aliphatic carboxylic acids is 1. The van der Waals surface area contributed by atoms with Crippen LogP contribution in [0.4, 0.5) is 0 Å². The highest BCUT2D eigenvalue weighted by Crippen LogP contribution is 2.25. The van der Waals surface area contributed by atoms with Gasteiger partial charge >= 0.3 is 5.97 Å². The van der Waals surface area contributed by atoms with Gasteiger partial charge in [0.05, 0.1) is 10.5 Å². The first-order chi connectivity index (χ1) is 13.3. The number of hydrogen-bond donors (Lipinski definition) is 3. The summed E-state index contributed by atoms with van der Waals surface area (Å²) in [6, 6.07) is 0. The van der Waals surface area contributed by atoms with E-state index in [2.05, 4.69) is 17.9 Å². The molecule has 3 amide bonds. The molecule has 12 heteroatoms. The van der Waals surface area contributed by atoms with Crippen molar-refractivity contribution in [1.29, 1.82) is 0 Å². The maximum absolute atomic E-state index is 11.9. The van der Waals surface area contributed by atoms with E-state index in [1.54, 1.807) is 0 Å². The Kier molecular flexibility index (Phi) is 14.6. The van der Waals surface area contributed by atoms with Crippen LogP contribution in [0.2, 0.25) is 0 Å². The quantitative estimate of drug-likeness (QED) is 0.128. The normalized spacial score (nSPS) is 17.0. The van der Waals surface area contributed by atoms with E-state index in [1.807, 2.05) is 20.1 Å². The molecule has 0 saturated carbocycles. The van der Waals surface area contributed by atoms with Gasteiger partial charge in [0.2, 0.25) is 17.7 Å². The smallest absolute Gasteiger partial charge is 0.373 e. The second kappa shape index (κ2) is 15.1. The molecule has 1 fully saturated rings. The van der Waals surface area contributed by atoms with Crippen LogP contribution in [-0.2, 0) is 24.0 Å². The van der Waals surface area contributed by atoms with Crippen molar-refractivity contribution in [3.8, 4) is 0 Å². The number of thioether (sulfide) groups is 1. The molecule has 2 atom stereocenters. The minimum atomic E-state index is -1.61. The third kappa shape index (κ3) is 9.57. The third-order valence-electron chi connectivity index (χ3n) is 3.37. The average molecular weight is 471 g/mol. The maximum atomic E-state index is 11.9. The zero-order valence-corrected chi connectivity index (χ0v) is 19.3. The summed E-state index contributed by atoms with van der Waals surface area (Å²) in [7, 11) is 2.98. The van der Waals surface area contributed by atoms with Crippen LogP contribution in [0.3, 0.4) is 0 Å². The number of carboxylic acids is 1. The standard InChI is InChI=1S/C14H20N2O6S4.C2H6/c1-24-9-7-11(18)16(13(9)20)3-5-26-25-4-2-15-10(17)6-8(23)12(19)14(21)22;1-2/h8-9,23H,2-7H2,1H3,(H,15,17)(H,21,22);1-2H3. The molecular formula is C16H26N2O6S4. The largest absolute Gasteiger partial charge is 0.475 e. The van der Waals surface area contributed by atoms with Crippen LogP contribution < -0.4 is 5.32 Å². The van der Waals surface area contributed by atoms with Crippen molar-refractivity contribution in [2.75, 3.05) is 30.9 Å².